The Kier molecular flexibility index (Phi) is 11.1. The van der Waals surface area contributed by atoms with Crippen molar-refractivity contribution in [2.45, 2.75) is 40.0 Å². The molecule has 0 aliphatic heterocycles. The van der Waals surface area contributed by atoms with E-state index in [0.717, 1.165) is 12.8 Å². The SMILES string of the molecule is CC.CCCCC(=O)NCCS(=O)(=O)O. The van der Waals surface area contributed by atoms with Crippen LogP contribution in [0.2, 0.25) is 0 Å². The smallest absolute Gasteiger partial charge is 0.266 e. The van der Waals surface area contributed by atoms with Crippen LogP contribution in [0.1, 0.15) is 40.0 Å². The second kappa shape index (κ2) is 9.92. The Hall–Kier alpha value is -0.620. The van der Waals surface area contributed by atoms with Crippen LogP contribution in [0, 0.1) is 0 Å². The fourth-order valence-corrected chi connectivity index (χ4v) is 1.11. The van der Waals surface area contributed by atoms with Crippen molar-refractivity contribution in [3.63, 3.8) is 0 Å². The fraction of sp³-hybridized carbons (Fsp3) is 0.889. The monoisotopic (exact) mass is 239 g/mol. The molecule has 0 saturated heterocycles. The van der Waals surface area contributed by atoms with Gasteiger partial charge in [-0.05, 0) is 6.42 Å². The molecule has 0 aromatic heterocycles. The van der Waals surface area contributed by atoms with E-state index in [4.69, 9.17) is 4.55 Å². The highest BCUT2D eigenvalue weighted by Gasteiger charge is 2.05. The van der Waals surface area contributed by atoms with Crippen molar-refractivity contribution >= 4 is 16.0 Å². The Bertz CT molecular complexity index is 249. The third-order valence-electron chi connectivity index (χ3n) is 1.44. The van der Waals surface area contributed by atoms with Crippen molar-refractivity contribution in [2.24, 2.45) is 0 Å². The Morgan fingerprint density at radius 2 is 1.87 bits per heavy atom. The van der Waals surface area contributed by atoms with E-state index in [2.05, 4.69) is 5.32 Å². The van der Waals surface area contributed by atoms with Gasteiger partial charge in [0.2, 0.25) is 5.91 Å². The van der Waals surface area contributed by atoms with Gasteiger partial charge in [0.15, 0.2) is 0 Å². The van der Waals surface area contributed by atoms with Crippen LogP contribution in [-0.4, -0.2) is 31.2 Å². The molecule has 6 heteroatoms. The first-order valence-corrected chi connectivity index (χ1v) is 6.78. The van der Waals surface area contributed by atoms with E-state index < -0.39 is 15.9 Å². The van der Waals surface area contributed by atoms with E-state index in [0.29, 0.717) is 6.42 Å². The molecule has 0 aromatic carbocycles. The van der Waals surface area contributed by atoms with Crippen molar-refractivity contribution in [1.82, 2.24) is 5.32 Å². The first-order valence-electron chi connectivity index (χ1n) is 5.17. The number of rotatable bonds is 6. The highest BCUT2D eigenvalue weighted by Crippen LogP contribution is 1.92. The van der Waals surface area contributed by atoms with Crippen molar-refractivity contribution in [2.75, 3.05) is 12.3 Å². The van der Waals surface area contributed by atoms with Gasteiger partial charge in [-0.1, -0.05) is 27.2 Å². The molecule has 1 amide bonds. The Balaban J connectivity index is 0. The van der Waals surface area contributed by atoms with Crippen molar-refractivity contribution < 1.29 is 17.8 Å². The largest absolute Gasteiger partial charge is 0.355 e. The van der Waals surface area contributed by atoms with Gasteiger partial charge in [0.1, 0.15) is 0 Å². The molecule has 0 aliphatic carbocycles. The van der Waals surface area contributed by atoms with Crippen molar-refractivity contribution in [3.05, 3.63) is 0 Å². The average Bonchev–Trinajstić information content (AvgIpc) is 2.16. The lowest BCUT2D eigenvalue weighted by Gasteiger charge is -2.02. The normalized spacial score (nSPS) is 10.1. The summed E-state index contributed by atoms with van der Waals surface area (Å²) in [5.41, 5.74) is 0. The molecule has 0 rings (SSSR count). The van der Waals surface area contributed by atoms with Gasteiger partial charge < -0.3 is 5.32 Å². The van der Waals surface area contributed by atoms with Crippen molar-refractivity contribution in [3.8, 4) is 0 Å². The minimum absolute atomic E-state index is 0.0264. The summed E-state index contributed by atoms with van der Waals surface area (Å²) < 4.78 is 28.8. The summed E-state index contributed by atoms with van der Waals surface area (Å²) in [6, 6.07) is 0. The summed E-state index contributed by atoms with van der Waals surface area (Å²) >= 11 is 0. The molecular formula is C9H21NO4S. The third-order valence-corrected chi connectivity index (χ3v) is 2.16. The van der Waals surface area contributed by atoms with Gasteiger partial charge in [-0.3, -0.25) is 9.35 Å². The molecule has 0 saturated carbocycles. The summed E-state index contributed by atoms with van der Waals surface area (Å²) in [4.78, 5) is 10.9. The number of hydrogen-bond donors (Lipinski definition) is 2. The molecule has 0 aliphatic rings. The van der Waals surface area contributed by atoms with E-state index in [1.807, 2.05) is 20.8 Å². The molecule has 2 N–H and O–H groups in total. The van der Waals surface area contributed by atoms with Crippen LogP contribution in [0.15, 0.2) is 0 Å². The first kappa shape index (κ1) is 16.8. The Morgan fingerprint density at radius 3 is 2.27 bits per heavy atom. The number of carbonyl (C=O) groups is 1. The lowest BCUT2D eigenvalue weighted by Crippen LogP contribution is -2.28. The maximum absolute atomic E-state index is 10.9. The van der Waals surface area contributed by atoms with Crippen molar-refractivity contribution in [1.29, 1.82) is 0 Å². The molecule has 0 unspecified atom stereocenters. The van der Waals surface area contributed by atoms with E-state index in [1.165, 1.54) is 0 Å². The molecule has 0 radical (unpaired) electrons. The summed E-state index contributed by atoms with van der Waals surface area (Å²) in [5.74, 6) is -0.601. The zero-order valence-corrected chi connectivity index (χ0v) is 10.4. The summed E-state index contributed by atoms with van der Waals surface area (Å²) in [5, 5.41) is 2.40. The molecule has 0 spiro atoms. The van der Waals surface area contributed by atoms with E-state index in [9.17, 15) is 13.2 Å². The highest BCUT2D eigenvalue weighted by molar-refractivity contribution is 7.85. The molecule has 0 atom stereocenters. The van der Waals surface area contributed by atoms with Crippen LogP contribution >= 0.6 is 0 Å². The molecule has 0 bridgehead atoms. The number of unbranched alkanes of at least 4 members (excludes halogenated alkanes) is 1. The zero-order chi connectivity index (χ0) is 12.3. The molecule has 0 fully saturated rings. The molecule has 0 heterocycles. The van der Waals surface area contributed by atoms with Crippen LogP contribution in [0.5, 0.6) is 0 Å². The summed E-state index contributed by atoms with van der Waals surface area (Å²) in [6.07, 6.45) is 2.12. The predicted octanol–water partition coefficient (Wildman–Crippen LogP) is 1.21. The topological polar surface area (TPSA) is 83.5 Å². The van der Waals surface area contributed by atoms with Crippen LogP contribution in [0.3, 0.4) is 0 Å². The van der Waals surface area contributed by atoms with Crippen LogP contribution in [0.4, 0.5) is 0 Å². The molecular weight excluding hydrogens is 218 g/mol. The third kappa shape index (κ3) is 16.1. The lowest BCUT2D eigenvalue weighted by molar-refractivity contribution is -0.121. The van der Waals surface area contributed by atoms with Gasteiger partial charge in [-0.15, -0.1) is 0 Å². The van der Waals surface area contributed by atoms with Gasteiger partial charge in [-0.2, -0.15) is 8.42 Å². The lowest BCUT2D eigenvalue weighted by atomic mass is 10.2. The summed E-state index contributed by atoms with van der Waals surface area (Å²) in [7, 11) is -3.96. The molecule has 5 nitrogen and oxygen atoms in total. The van der Waals surface area contributed by atoms with Gasteiger partial charge in [0.25, 0.3) is 10.1 Å². The first-order chi connectivity index (χ1) is 6.95. The Labute approximate surface area is 92.0 Å². The van der Waals surface area contributed by atoms with Gasteiger partial charge in [0.05, 0.1) is 5.75 Å². The minimum Gasteiger partial charge on any atom is -0.355 e. The highest BCUT2D eigenvalue weighted by atomic mass is 32.2. The number of nitrogens with one attached hydrogen (secondary N) is 1. The van der Waals surface area contributed by atoms with E-state index in [-0.39, 0.29) is 12.5 Å². The van der Waals surface area contributed by atoms with Crippen LogP contribution in [-0.2, 0) is 14.9 Å². The quantitative estimate of drug-likeness (QED) is 0.682. The predicted molar refractivity (Wildman–Crippen MR) is 60.3 cm³/mol. The Morgan fingerprint density at radius 1 is 1.33 bits per heavy atom. The van der Waals surface area contributed by atoms with Gasteiger partial charge in [0, 0.05) is 13.0 Å². The maximum atomic E-state index is 10.9. The molecule has 92 valence electrons. The number of carbonyl (C=O) groups excluding carboxylic acids is 1. The standard InChI is InChI=1S/C7H15NO4S.C2H6/c1-2-3-4-7(9)8-5-6-13(10,11)12;1-2/h2-6H2,1H3,(H,8,9)(H,10,11,12);1-2H3. The van der Waals surface area contributed by atoms with Crippen LogP contribution in [0.25, 0.3) is 0 Å². The minimum atomic E-state index is -3.96. The average molecular weight is 239 g/mol. The van der Waals surface area contributed by atoms with Gasteiger partial charge >= 0.3 is 0 Å². The summed E-state index contributed by atoms with van der Waals surface area (Å²) in [6.45, 7) is 5.94. The number of amides is 1. The molecule has 0 aromatic rings. The second-order valence-corrected chi connectivity index (χ2v) is 4.31. The van der Waals surface area contributed by atoms with E-state index >= 15 is 0 Å². The zero-order valence-electron chi connectivity index (χ0n) is 9.62. The fourth-order valence-electron chi connectivity index (χ4n) is 0.745. The number of hydrogen-bond acceptors (Lipinski definition) is 3. The van der Waals surface area contributed by atoms with E-state index in [1.54, 1.807) is 0 Å². The maximum Gasteiger partial charge on any atom is 0.266 e. The second-order valence-electron chi connectivity index (χ2n) is 2.74. The van der Waals surface area contributed by atoms with Crippen LogP contribution < -0.4 is 5.32 Å². The van der Waals surface area contributed by atoms with Gasteiger partial charge in [-0.25, -0.2) is 0 Å². The molecule has 15 heavy (non-hydrogen) atoms.